The average Bonchev–Trinajstić information content (AvgIpc) is 3.68. The monoisotopic (exact) mass is 616 g/mol. The second kappa shape index (κ2) is 11.7. The third-order valence-electron chi connectivity index (χ3n) is 10.0. The molecule has 2 aliphatic rings. The predicted octanol–water partition coefficient (Wildman–Crippen LogP) is 12.1. The van der Waals surface area contributed by atoms with Gasteiger partial charge in [0.1, 0.15) is 0 Å². The highest BCUT2D eigenvalue weighted by Crippen LogP contribution is 2.47. The molecular formula is C46H36N2. The van der Waals surface area contributed by atoms with Crippen molar-refractivity contribution in [1.82, 2.24) is 0 Å². The standard InChI is InChI=1S/C46H36N2/c1-32-16-26-44-38(28-32)30-42-31-39-29-37(23-27-45(39)48(42)44)35-17-19-36(20-18-35)43-14-8-9-15-46(43)47(40-12-6-3-7-13-40)41-24-21-34(22-25-41)33-10-4-2-5-11-33/h2-29,42H,30-31H2,1H3. The van der Waals surface area contributed by atoms with Crippen LogP contribution in [-0.4, -0.2) is 6.04 Å². The van der Waals surface area contributed by atoms with Crippen LogP contribution in [0, 0.1) is 6.92 Å². The summed E-state index contributed by atoms with van der Waals surface area (Å²) in [4.78, 5) is 4.94. The number of anilines is 5. The van der Waals surface area contributed by atoms with E-state index >= 15 is 0 Å². The summed E-state index contributed by atoms with van der Waals surface area (Å²) in [5, 5.41) is 0. The van der Waals surface area contributed by atoms with Crippen molar-refractivity contribution in [2.24, 2.45) is 0 Å². The molecule has 0 radical (unpaired) electrons. The van der Waals surface area contributed by atoms with Crippen LogP contribution in [0.3, 0.4) is 0 Å². The Bertz CT molecular complexity index is 2240. The van der Waals surface area contributed by atoms with Gasteiger partial charge in [-0.05, 0) is 107 Å². The van der Waals surface area contributed by atoms with Gasteiger partial charge in [-0.15, -0.1) is 0 Å². The van der Waals surface area contributed by atoms with Crippen molar-refractivity contribution < 1.29 is 0 Å². The molecule has 0 saturated carbocycles. The molecule has 2 nitrogen and oxygen atoms in total. The number of aryl methyl sites for hydroxylation is 1. The van der Waals surface area contributed by atoms with E-state index in [1.807, 2.05) is 0 Å². The van der Waals surface area contributed by atoms with E-state index in [9.17, 15) is 0 Å². The lowest BCUT2D eigenvalue weighted by Gasteiger charge is -2.28. The van der Waals surface area contributed by atoms with Crippen molar-refractivity contribution in [2.45, 2.75) is 25.8 Å². The molecule has 0 spiro atoms. The zero-order valence-corrected chi connectivity index (χ0v) is 27.1. The Balaban J connectivity index is 1.04. The molecule has 1 atom stereocenters. The summed E-state index contributed by atoms with van der Waals surface area (Å²) < 4.78 is 0. The van der Waals surface area contributed by atoms with Gasteiger partial charge in [-0.25, -0.2) is 0 Å². The van der Waals surface area contributed by atoms with Crippen LogP contribution in [0.25, 0.3) is 33.4 Å². The Hall–Kier alpha value is -5.86. The van der Waals surface area contributed by atoms with Gasteiger partial charge < -0.3 is 9.80 Å². The molecule has 9 rings (SSSR count). The SMILES string of the molecule is Cc1ccc2c(c1)CC1Cc3cc(-c4ccc(-c5ccccc5N(c5ccccc5)c5ccc(-c6ccccc6)cc5)cc4)ccc3N21. The third kappa shape index (κ3) is 4.98. The lowest BCUT2D eigenvalue weighted by atomic mass is 9.96. The Kier molecular flexibility index (Phi) is 6.94. The van der Waals surface area contributed by atoms with E-state index in [0.717, 1.165) is 29.9 Å². The van der Waals surface area contributed by atoms with Crippen LogP contribution in [0.5, 0.6) is 0 Å². The minimum atomic E-state index is 0.535. The van der Waals surface area contributed by atoms with Gasteiger partial charge in [0, 0.05) is 34.4 Å². The van der Waals surface area contributed by atoms with Crippen LogP contribution in [0.1, 0.15) is 16.7 Å². The van der Waals surface area contributed by atoms with E-state index in [2.05, 4.69) is 187 Å². The fourth-order valence-corrected chi connectivity index (χ4v) is 7.75. The van der Waals surface area contributed by atoms with E-state index in [4.69, 9.17) is 0 Å². The summed E-state index contributed by atoms with van der Waals surface area (Å²) in [6.45, 7) is 2.19. The molecule has 2 heterocycles. The first-order chi connectivity index (χ1) is 23.7. The number of para-hydroxylation sites is 2. The Labute approximate surface area is 283 Å². The Morgan fingerprint density at radius 3 is 1.73 bits per heavy atom. The smallest absolute Gasteiger partial charge is 0.0540 e. The minimum absolute atomic E-state index is 0.535. The molecule has 7 aromatic rings. The molecule has 0 saturated heterocycles. The molecular weight excluding hydrogens is 581 g/mol. The highest BCUT2D eigenvalue weighted by molar-refractivity contribution is 5.89. The zero-order valence-electron chi connectivity index (χ0n) is 27.1. The van der Waals surface area contributed by atoms with Gasteiger partial charge in [-0.2, -0.15) is 0 Å². The summed E-state index contributed by atoms with van der Waals surface area (Å²) in [6.07, 6.45) is 2.23. The number of hydrogen-bond acceptors (Lipinski definition) is 2. The molecule has 0 fully saturated rings. The number of benzene rings is 7. The van der Waals surface area contributed by atoms with Gasteiger partial charge in [0.25, 0.3) is 0 Å². The molecule has 0 N–H and O–H groups in total. The van der Waals surface area contributed by atoms with Crippen LogP contribution in [0.15, 0.2) is 170 Å². The molecule has 0 amide bonds. The van der Waals surface area contributed by atoms with Crippen molar-refractivity contribution in [3.05, 3.63) is 187 Å². The van der Waals surface area contributed by atoms with Crippen LogP contribution in [-0.2, 0) is 12.8 Å². The van der Waals surface area contributed by atoms with Crippen molar-refractivity contribution in [2.75, 3.05) is 9.80 Å². The maximum Gasteiger partial charge on any atom is 0.0540 e. The number of hydrogen-bond donors (Lipinski definition) is 0. The molecule has 48 heavy (non-hydrogen) atoms. The average molecular weight is 617 g/mol. The number of fused-ring (bicyclic) bond motifs is 5. The van der Waals surface area contributed by atoms with E-state index in [-0.39, 0.29) is 0 Å². The largest absolute Gasteiger partial charge is 0.337 e. The topological polar surface area (TPSA) is 6.48 Å². The fourth-order valence-electron chi connectivity index (χ4n) is 7.75. The second-order valence-corrected chi connectivity index (χ2v) is 13.1. The summed E-state index contributed by atoms with van der Waals surface area (Å²) >= 11 is 0. The quantitative estimate of drug-likeness (QED) is 0.183. The number of nitrogens with zero attached hydrogens (tertiary/aromatic N) is 2. The first-order valence-corrected chi connectivity index (χ1v) is 16.9. The second-order valence-electron chi connectivity index (χ2n) is 13.1. The zero-order chi connectivity index (χ0) is 32.0. The van der Waals surface area contributed by atoms with E-state index in [1.54, 1.807) is 0 Å². The van der Waals surface area contributed by atoms with Gasteiger partial charge >= 0.3 is 0 Å². The summed E-state index contributed by atoms with van der Waals surface area (Å²) in [5.41, 5.74) is 17.8. The minimum Gasteiger partial charge on any atom is -0.337 e. The molecule has 2 heteroatoms. The third-order valence-corrected chi connectivity index (χ3v) is 10.0. The van der Waals surface area contributed by atoms with E-state index in [1.165, 1.54) is 61.4 Å². The lowest BCUT2D eigenvalue weighted by Crippen LogP contribution is -2.22. The van der Waals surface area contributed by atoms with E-state index in [0.29, 0.717) is 6.04 Å². The van der Waals surface area contributed by atoms with Crippen molar-refractivity contribution >= 4 is 28.4 Å². The first-order valence-electron chi connectivity index (χ1n) is 16.9. The molecule has 230 valence electrons. The predicted molar refractivity (Wildman–Crippen MR) is 202 cm³/mol. The highest BCUT2D eigenvalue weighted by Gasteiger charge is 2.37. The van der Waals surface area contributed by atoms with Crippen LogP contribution >= 0.6 is 0 Å². The molecule has 0 bridgehead atoms. The maximum absolute atomic E-state index is 2.57. The maximum atomic E-state index is 2.57. The molecule has 2 aliphatic heterocycles. The Morgan fingerprint density at radius 1 is 0.458 bits per heavy atom. The van der Waals surface area contributed by atoms with Gasteiger partial charge in [0.2, 0.25) is 0 Å². The summed E-state index contributed by atoms with van der Waals surface area (Å²) in [6, 6.07) is 62.5. The van der Waals surface area contributed by atoms with E-state index < -0.39 is 0 Å². The van der Waals surface area contributed by atoms with Crippen LogP contribution < -0.4 is 9.80 Å². The summed E-state index contributed by atoms with van der Waals surface area (Å²) in [5.74, 6) is 0. The number of rotatable bonds is 6. The van der Waals surface area contributed by atoms with Gasteiger partial charge in [0.15, 0.2) is 0 Å². The molecule has 0 aromatic heterocycles. The molecule has 1 unspecified atom stereocenters. The van der Waals surface area contributed by atoms with Crippen LogP contribution in [0.4, 0.5) is 28.4 Å². The summed E-state index contributed by atoms with van der Waals surface area (Å²) in [7, 11) is 0. The molecule has 0 aliphatic carbocycles. The van der Waals surface area contributed by atoms with Crippen molar-refractivity contribution in [3.8, 4) is 33.4 Å². The van der Waals surface area contributed by atoms with Crippen LogP contribution in [0.2, 0.25) is 0 Å². The molecule has 7 aromatic carbocycles. The fraction of sp³-hybridized carbons (Fsp3) is 0.0870. The first kappa shape index (κ1) is 28.4. The normalized spacial score (nSPS) is 14.4. The van der Waals surface area contributed by atoms with Crippen molar-refractivity contribution in [1.29, 1.82) is 0 Å². The lowest BCUT2D eigenvalue weighted by molar-refractivity contribution is 0.725. The van der Waals surface area contributed by atoms with Gasteiger partial charge in [-0.1, -0.05) is 127 Å². The van der Waals surface area contributed by atoms with Gasteiger partial charge in [-0.3, -0.25) is 0 Å². The highest BCUT2D eigenvalue weighted by atomic mass is 15.2. The van der Waals surface area contributed by atoms with Crippen molar-refractivity contribution in [3.63, 3.8) is 0 Å². The Morgan fingerprint density at radius 2 is 0.979 bits per heavy atom. The van der Waals surface area contributed by atoms with Gasteiger partial charge in [0.05, 0.1) is 5.69 Å².